The van der Waals surface area contributed by atoms with Gasteiger partial charge in [0.15, 0.2) is 0 Å². The second-order valence-electron chi connectivity index (χ2n) is 0. The van der Waals surface area contributed by atoms with Crippen LogP contribution in [0.3, 0.4) is 0 Å². The summed E-state index contributed by atoms with van der Waals surface area (Å²) < 4.78 is 0. The zero-order valence-corrected chi connectivity index (χ0v) is 9.61. The van der Waals surface area contributed by atoms with Crippen molar-refractivity contribution in [2.24, 2.45) is 0 Å². The van der Waals surface area contributed by atoms with Crippen LogP contribution in [0.25, 0.3) is 0 Å². The predicted molar refractivity (Wildman–Crippen MR) is 12.7 cm³/mol. The average molecular weight is 279 g/mol. The van der Waals surface area contributed by atoms with Gasteiger partial charge in [0.25, 0.3) is 0 Å². The van der Waals surface area contributed by atoms with Crippen molar-refractivity contribution in [2.45, 2.75) is 0 Å². The van der Waals surface area contributed by atoms with E-state index in [1.165, 1.54) is 0 Å². The van der Waals surface area contributed by atoms with Crippen LogP contribution in [0, 0.1) is 0 Å². The van der Waals surface area contributed by atoms with Gasteiger partial charge in [-0.1, -0.05) is 0 Å². The zero-order chi connectivity index (χ0) is 0. The molecule has 0 aliphatic rings. The van der Waals surface area contributed by atoms with E-state index in [0.29, 0.717) is 0 Å². The molecule has 0 aromatic carbocycles. The first-order chi connectivity index (χ1) is 0. The van der Waals surface area contributed by atoms with Crippen LogP contribution in [0.2, 0.25) is 0 Å². The molecule has 0 aliphatic heterocycles. The molecule has 4 heavy (non-hydrogen) atoms. The average Bonchev–Trinajstić information content (AvgIpc) is 0. The summed E-state index contributed by atoms with van der Waals surface area (Å²) in [5.74, 6) is 0. The molecule has 4 heteroatoms. The normalized spacial score (nSPS) is 0. The summed E-state index contributed by atoms with van der Waals surface area (Å²) in [7, 11) is 0. The molecule has 0 aliphatic carbocycles. The molecule has 0 saturated heterocycles. The van der Waals surface area contributed by atoms with E-state index in [1.54, 1.807) is 0 Å². The molecule has 0 rings (SSSR count). The van der Waals surface area contributed by atoms with Crippen molar-refractivity contribution in [3.63, 3.8) is 0 Å². The Balaban J connectivity index is 0. The first kappa shape index (κ1) is 32.7. The third-order valence-corrected chi connectivity index (χ3v) is 0. The molecule has 0 nitrogen and oxygen atoms in total. The first-order valence-electron chi connectivity index (χ1n) is 0. The summed E-state index contributed by atoms with van der Waals surface area (Å²) in [5, 5.41) is 0. The van der Waals surface area contributed by atoms with E-state index < -0.39 is 0 Å². The second kappa shape index (κ2) is 18.3. The monoisotopic (exact) mass is 278 g/mol. The fourth-order valence-corrected chi connectivity index (χ4v) is 0. The van der Waals surface area contributed by atoms with E-state index >= 15 is 0 Å². The van der Waals surface area contributed by atoms with Crippen LogP contribution >= 0.6 is 9.90 Å². The van der Waals surface area contributed by atoms with Crippen molar-refractivity contribution < 1.29 is 36.5 Å². The summed E-state index contributed by atoms with van der Waals surface area (Å²) in [6.07, 6.45) is 0. The largest absolute Gasteiger partial charge is 0 e. The third kappa shape index (κ3) is 8.84. The Kier molecular flexibility index (Phi) is 149. The van der Waals surface area contributed by atoms with Gasteiger partial charge in [-0.05, 0) is 0 Å². The predicted octanol–water partition coefficient (Wildman–Crippen LogP) is 0.475. The van der Waals surface area contributed by atoms with Crippen molar-refractivity contribution in [3.05, 3.63) is 0 Å². The summed E-state index contributed by atoms with van der Waals surface area (Å²) in [6, 6.07) is 0. The smallest absolute Gasteiger partial charge is 0 e. The Bertz CT molecular complexity index is 8.00. The number of rotatable bonds is 0. The quantitative estimate of drug-likeness (QED) is 0.447. The number of hydrogen-bond donors (Lipinski definition) is 0. The molecule has 0 bridgehead atoms. The topological polar surface area (TPSA) is 0 Å². The maximum atomic E-state index is 0. The van der Waals surface area contributed by atoms with E-state index in [2.05, 4.69) is 0 Å². The Labute approximate surface area is 69.7 Å². The van der Waals surface area contributed by atoms with E-state index in [-0.39, 0.29) is 70.4 Å². The van der Waals surface area contributed by atoms with Gasteiger partial charge in [0, 0.05) is 70.4 Å². The summed E-state index contributed by atoms with van der Waals surface area (Å²) in [6.45, 7) is 0. The van der Waals surface area contributed by atoms with Crippen molar-refractivity contribution in [1.82, 2.24) is 0 Å². The van der Waals surface area contributed by atoms with Crippen LogP contribution in [-0.2, 0) is 36.5 Å². The maximum Gasteiger partial charge on any atom is 0 e. The van der Waals surface area contributed by atoms with E-state index in [4.69, 9.17) is 0 Å². The summed E-state index contributed by atoms with van der Waals surface area (Å²) >= 11 is 0. The maximum absolute atomic E-state index is 0. The van der Waals surface area contributed by atoms with Gasteiger partial charge in [-0.25, -0.2) is 0 Å². The van der Waals surface area contributed by atoms with Crippen molar-refractivity contribution >= 4 is 33.8 Å². The Morgan fingerprint density at radius 3 is 1.00 bits per heavy atom. The minimum Gasteiger partial charge on any atom is 0 e. The second-order valence-corrected chi connectivity index (χ2v) is 0. The van der Waals surface area contributed by atoms with Gasteiger partial charge in [-0.15, -0.1) is 0 Å². The summed E-state index contributed by atoms with van der Waals surface area (Å²) in [4.78, 5) is 0. The van der Waals surface area contributed by atoms with Crippen molar-refractivity contribution in [2.75, 3.05) is 0 Å². The molecule has 8 radical (unpaired) electrons. The molecule has 0 aromatic rings. The first-order valence-corrected chi connectivity index (χ1v) is 0. The van der Waals surface area contributed by atoms with Crippen molar-refractivity contribution in [1.29, 1.82) is 0 Å². The number of hydrogen-bond acceptors (Lipinski definition) is 0. The SMILES string of the molecule is [Cu].[P].[Sn].[Zn]. The van der Waals surface area contributed by atoms with Crippen LogP contribution in [-0.4, -0.2) is 23.9 Å². The molecular weight excluding hydrogens is 279 g/mol. The molecular formula is CuPSnZn. The van der Waals surface area contributed by atoms with Gasteiger partial charge < -0.3 is 0 Å². The van der Waals surface area contributed by atoms with E-state index in [1.807, 2.05) is 0 Å². The Hall–Kier alpha value is 2.37. The fourth-order valence-electron chi connectivity index (χ4n) is 0. The minimum atomic E-state index is 0. The van der Waals surface area contributed by atoms with E-state index in [9.17, 15) is 0 Å². The fraction of sp³-hybridized carbons (Fsp3) is 0. The van der Waals surface area contributed by atoms with Crippen LogP contribution in [0.15, 0.2) is 0 Å². The summed E-state index contributed by atoms with van der Waals surface area (Å²) in [5.41, 5.74) is 0. The van der Waals surface area contributed by atoms with Crippen LogP contribution in [0.1, 0.15) is 0 Å². The molecule has 0 unspecified atom stereocenters. The van der Waals surface area contributed by atoms with E-state index in [0.717, 1.165) is 0 Å². The van der Waals surface area contributed by atoms with Crippen LogP contribution in [0.5, 0.6) is 0 Å². The standard InChI is InChI=1S/Cu.P.Sn.Zn. The van der Waals surface area contributed by atoms with Crippen LogP contribution < -0.4 is 0 Å². The molecule has 0 spiro atoms. The molecule has 0 aromatic heterocycles. The van der Waals surface area contributed by atoms with Gasteiger partial charge in [-0.3, -0.25) is 0 Å². The van der Waals surface area contributed by atoms with Gasteiger partial charge in [-0.2, -0.15) is 0 Å². The minimum absolute atomic E-state index is 0. The van der Waals surface area contributed by atoms with Gasteiger partial charge in [0.05, 0.1) is 0 Å². The zero-order valence-electron chi connectivity index (χ0n) is 1.96. The molecule has 0 heterocycles. The van der Waals surface area contributed by atoms with Crippen LogP contribution in [0.4, 0.5) is 0 Å². The molecule has 0 saturated carbocycles. The van der Waals surface area contributed by atoms with Gasteiger partial charge >= 0.3 is 0 Å². The molecule has 22 valence electrons. The Morgan fingerprint density at radius 2 is 1.00 bits per heavy atom. The van der Waals surface area contributed by atoms with Gasteiger partial charge in [0.1, 0.15) is 0 Å². The Morgan fingerprint density at radius 1 is 1.00 bits per heavy atom. The van der Waals surface area contributed by atoms with Gasteiger partial charge in [0.2, 0.25) is 0 Å². The third-order valence-electron chi connectivity index (χ3n) is 0. The molecule has 0 amide bonds. The molecule has 0 N–H and O–H groups in total. The molecule has 0 fully saturated rings. The molecule has 0 atom stereocenters. The van der Waals surface area contributed by atoms with Crippen molar-refractivity contribution in [3.8, 4) is 0 Å².